The maximum absolute atomic E-state index is 13.1. The van der Waals surface area contributed by atoms with E-state index in [0.717, 1.165) is 25.7 Å². The van der Waals surface area contributed by atoms with Gasteiger partial charge in [-0.2, -0.15) is 0 Å². The fourth-order valence-electron chi connectivity index (χ4n) is 4.78. The highest BCUT2D eigenvalue weighted by Gasteiger charge is 2.46. The van der Waals surface area contributed by atoms with Crippen molar-refractivity contribution in [1.82, 2.24) is 9.80 Å². The molecule has 3 aliphatic rings. The van der Waals surface area contributed by atoms with Crippen molar-refractivity contribution in [2.24, 2.45) is 5.92 Å². The number of halogens is 1. The molecule has 24 heavy (non-hydrogen) atoms. The molecule has 0 aromatic heterocycles. The summed E-state index contributed by atoms with van der Waals surface area (Å²) in [4.78, 5) is 28.4. The first-order chi connectivity index (χ1) is 11.5. The minimum Gasteiger partial charge on any atom is -0.345 e. The second-order valence-corrected chi connectivity index (χ2v) is 7.53. The number of fused-ring (bicyclic) bond motifs is 2. The van der Waals surface area contributed by atoms with Gasteiger partial charge >= 0.3 is 0 Å². The second kappa shape index (κ2) is 5.87. The third-order valence-electron chi connectivity index (χ3n) is 6.02. The lowest BCUT2D eigenvalue weighted by Gasteiger charge is -2.40. The third-order valence-corrected chi connectivity index (χ3v) is 6.02. The van der Waals surface area contributed by atoms with Gasteiger partial charge in [0.15, 0.2) is 0 Å². The Hall–Kier alpha value is -1.91. The van der Waals surface area contributed by atoms with Crippen molar-refractivity contribution in [1.29, 1.82) is 0 Å². The molecule has 3 saturated heterocycles. The van der Waals surface area contributed by atoms with Gasteiger partial charge in [0, 0.05) is 32.1 Å². The molecule has 2 bridgehead atoms. The summed E-state index contributed by atoms with van der Waals surface area (Å²) in [5.74, 6) is 0.261. The second-order valence-electron chi connectivity index (χ2n) is 7.53. The molecule has 2 amide bonds. The predicted molar refractivity (Wildman–Crippen MR) is 87.8 cm³/mol. The van der Waals surface area contributed by atoms with Crippen LogP contribution < -0.4 is 0 Å². The first kappa shape index (κ1) is 15.6. The number of benzene rings is 1. The van der Waals surface area contributed by atoms with Gasteiger partial charge in [0.1, 0.15) is 5.82 Å². The molecular weight excluding hydrogens is 307 g/mol. The summed E-state index contributed by atoms with van der Waals surface area (Å²) < 4.78 is 13.1. The SMILES string of the molecule is CN1C[C@@H](C(=O)N2[C@H]3CC[C@H]2CC(c2ccc(F)cc2)C3)CC1=O. The Morgan fingerprint density at radius 2 is 1.75 bits per heavy atom. The molecule has 1 aromatic carbocycles. The highest BCUT2D eigenvalue weighted by Crippen LogP contribution is 2.44. The molecule has 4 rings (SSSR count). The molecule has 0 saturated carbocycles. The minimum absolute atomic E-state index is 0.0712. The highest BCUT2D eigenvalue weighted by atomic mass is 19.1. The maximum atomic E-state index is 13.1. The zero-order valence-corrected chi connectivity index (χ0v) is 14.0. The van der Waals surface area contributed by atoms with Crippen LogP contribution in [0.3, 0.4) is 0 Å². The molecule has 128 valence electrons. The summed E-state index contributed by atoms with van der Waals surface area (Å²) in [6, 6.07) is 7.34. The van der Waals surface area contributed by atoms with Crippen molar-refractivity contribution in [2.75, 3.05) is 13.6 Å². The van der Waals surface area contributed by atoms with Crippen LogP contribution in [0.4, 0.5) is 4.39 Å². The zero-order chi connectivity index (χ0) is 16.8. The van der Waals surface area contributed by atoms with Crippen molar-refractivity contribution in [2.45, 2.75) is 50.1 Å². The monoisotopic (exact) mass is 330 g/mol. The Morgan fingerprint density at radius 3 is 2.29 bits per heavy atom. The summed E-state index contributed by atoms with van der Waals surface area (Å²) >= 11 is 0. The van der Waals surface area contributed by atoms with E-state index in [0.29, 0.717) is 18.9 Å². The minimum atomic E-state index is -0.204. The number of carbonyl (C=O) groups is 2. The van der Waals surface area contributed by atoms with Crippen LogP contribution in [0.1, 0.15) is 43.6 Å². The number of piperidine rings is 1. The number of likely N-dealkylation sites (tertiary alicyclic amines) is 1. The average Bonchev–Trinajstić information content (AvgIpc) is 3.04. The topological polar surface area (TPSA) is 40.6 Å². The Morgan fingerprint density at radius 1 is 1.12 bits per heavy atom. The number of carbonyl (C=O) groups excluding carboxylic acids is 2. The van der Waals surface area contributed by atoms with Crippen molar-refractivity contribution in [3.05, 3.63) is 35.6 Å². The highest BCUT2D eigenvalue weighted by molar-refractivity contribution is 5.89. The molecule has 3 fully saturated rings. The molecule has 0 unspecified atom stereocenters. The van der Waals surface area contributed by atoms with E-state index in [9.17, 15) is 14.0 Å². The van der Waals surface area contributed by atoms with Gasteiger partial charge in [0.25, 0.3) is 0 Å². The van der Waals surface area contributed by atoms with Crippen molar-refractivity contribution < 1.29 is 14.0 Å². The van der Waals surface area contributed by atoms with E-state index in [2.05, 4.69) is 4.90 Å². The van der Waals surface area contributed by atoms with Gasteiger partial charge in [-0.15, -0.1) is 0 Å². The molecule has 1 aromatic rings. The van der Waals surface area contributed by atoms with Crippen LogP contribution in [-0.2, 0) is 9.59 Å². The van der Waals surface area contributed by atoms with Crippen LogP contribution >= 0.6 is 0 Å². The molecule has 0 radical (unpaired) electrons. The summed E-state index contributed by atoms with van der Waals surface area (Å²) in [6.07, 6.45) is 4.34. The Balaban J connectivity index is 1.48. The van der Waals surface area contributed by atoms with Crippen molar-refractivity contribution in [3.8, 4) is 0 Å². The normalized spacial score (nSPS) is 32.5. The van der Waals surface area contributed by atoms with Gasteiger partial charge in [-0.3, -0.25) is 9.59 Å². The van der Waals surface area contributed by atoms with Gasteiger partial charge in [-0.25, -0.2) is 4.39 Å². The molecule has 3 aliphatic heterocycles. The molecule has 0 spiro atoms. The van der Waals surface area contributed by atoms with Gasteiger partial charge in [0.05, 0.1) is 5.92 Å². The van der Waals surface area contributed by atoms with Crippen LogP contribution in [0.25, 0.3) is 0 Å². The number of amides is 2. The fraction of sp³-hybridized carbons (Fsp3) is 0.579. The van der Waals surface area contributed by atoms with Gasteiger partial charge in [-0.05, 0) is 49.3 Å². The van der Waals surface area contributed by atoms with E-state index in [1.807, 2.05) is 12.1 Å². The number of nitrogens with zero attached hydrogens (tertiary/aromatic N) is 2. The fourth-order valence-corrected chi connectivity index (χ4v) is 4.78. The summed E-state index contributed by atoms with van der Waals surface area (Å²) in [6.45, 7) is 0.551. The standard InChI is InChI=1S/C19H23FN2O2/c1-21-11-14(10-18(21)23)19(24)22-16-6-7-17(22)9-13(8-16)12-2-4-15(20)5-3-12/h2-5,13-14,16-17H,6-11H2,1H3/t14-,16-,17-/m0/s1. The van der Waals surface area contributed by atoms with Crippen molar-refractivity contribution in [3.63, 3.8) is 0 Å². The molecule has 3 heterocycles. The van der Waals surface area contributed by atoms with E-state index in [1.54, 1.807) is 11.9 Å². The largest absolute Gasteiger partial charge is 0.345 e. The van der Waals surface area contributed by atoms with Gasteiger partial charge in [0.2, 0.25) is 11.8 Å². The van der Waals surface area contributed by atoms with E-state index in [-0.39, 0.29) is 35.6 Å². The average molecular weight is 330 g/mol. The van der Waals surface area contributed by atoms with Crippen LogP contribution in [0, 0.1) is 11.7 Å². The smallest absolute Gasteiger partial charge is 0.228 e. The molecule has 0 aliphatic carbocycles. The van der Waals surface area contributed by atoms with Gasteiger partial charge < -0.3 is 9.80 Å². The summed E-state index contributed by atoms with van der Waals surface area (Å²) in [7, 11) is 1.77. The third kappa shape index (κ3) is 2.60. The Labute approximate surface area is 141 Å². The van der Waals surface area contributed by atoms with Crippen LogP contribution in [0.2, 0.25) is 0 Å². The van der Waals surface area contributed by atoms with E-state index >= 15 is 0 Å². The van der Waals surface area contributed by atoms with E-state index in [4.69, 9.17) is 0 Å². The van der Waals surface area contributed by atoms with E-state index in [1.165, 1.54) is 17.7 Å². The lowest BCUT2D eigenvalue weighted by atomic mass is 9.84. The molecule has 3 atom stereocenters. The molecule has 5 heteroatoms. The Kier molecular flexibility index (Phi) is 3.82. The van der Waals surface area contributed by atoms with Crippen LogP contribution in [0.15, 0.2) is 24.3 Å². The molecule has 0 N–H and O–H groups in total. The van der Waals surface area contributed by atoms with Crippen LogP contribution in [0.5, 0.6) is 0 Å². The summed E-state index contributed by atoms with van der Waals surface area (Å²) in [5.41, 5.74) is 1.18. The first-order valence-corrected chi connectivity index (χ1v) is 8.84. The molecule has 4 nitrogen and oxygen atoms in total. The lowest BCUT2D eigenvalue weighted by Crippen LogP contribution is -2.48. The predicted octanol–water partition coefficient (Wildman–Crippen LogP) is 2.54. The quantitative estimate of drug-likeness (QED) is 0.836. The number of hydrogen-bond acceptors (Lipinski definition) is 2. The van der Waals surface area contributed by atoms with Crippen molar-refractivity contribution >= 4 is 11.8 Å². The maximum Gasteiger partial charge on any atom is 0.228 e. The Bertz CT molecular complexity index is 646. The number of hydrogen-bond donors (Lipinski definition) is 0. The zero-order valence-electron chi connectivity index (χ0n) is 14.0. The first-order valence-electron chi connectivity index (χ1n) is 8.84. The lowest BCUT2D eigenvalue weighted by molar-refractivity contribution is -0.140. The number of rotatable bonds is 2. The van der Waals surface area contributed by atoms with E-state index < -0.39 is 0 Å². The summed E-state index contributed by atoms with van der Waals surface area (Å²) in [5, 5.41) is 0. The van der Waals surface area contributed by atoms with Crippen LogP contribution in [-0.4, -0.2) is 47.3 Å². The molecular formula is C19H23FN2O2. The van der Waals surface area contributed by atoms with Gasteiger partial charge in [-0.1, -0.05) is 12.1 Å².